The maximum absolute atomic E-state index is 12.1. The normalized spacial score (nSPS) is 17.0. The van der Waals surface area contributed by atoms with Gasteiger partial charge in [-0.25, -0.2) is 9.59 Å². The lowest BCUT2D eigenvalue weighted by Crippen LogP contribution is -2.47. The molecule has 0 spiro atoms. The Morgan fingerprint density at radius 3 is 2.82 bits per heavy atom. The Bertz CT molecular complexity index is 590. The number of ether oxygens (including phenoxy) is 1. The molecular formula is C14H17N3O5. The van der Waals surface area contributed by atoms with Crippen molar-refractivity contribution in [3.05, 3.63) is 29.8 Å². The quantitative estimate of drug-likeness (QED) is 0.718. The van der Waals surface area contributed by atoms with E-state index in [1.807, 2.05) is 0 Å². The second-order valence-electron chi connectivity index (χ2n) is 4.82. The van der Waals surface area contributed by atoms with Crippen molar-refractivity contribution in [2.24, 2.45) is 0 Å². The molecule has 2 amide bonds. The van der Waals surface area contributed by atoms with Gasteiger partial charge in [0.05, 0.1) is 18.4 Å². The smallest absolute Gasteiger partial charge is 0.410 e. The van der Waals surface area contributed by atoms with E-state index in [0.29, 0.717) is 18.7 Å². The minimum absolute atomic E-state index is 0.108. The first kappa shape index (κ1) is 15.6. The van der Waals surface area contributed by atoms with Crippen LogP contribution in [0.4, 0.5) is 10.5 Å². The molecule has 1 saturated heterocycles. The molecule has 1 aliphatic heterocycles. The van der Waals surface area contributed by atoms with Gasteiger partial charge in [-0.1, -0.05) is 6.07 Å². The zero-order valence-electron chi connectivity index (χ0n) is 12.0. The van der Waals surface area contributed by atoms with E-state index in [1.54, 1.807) is 12.1 Å². The molecule has 0 radical (unpaired) electrons. The largest absolute Gasteiger partial charge is 0.478 e. The number of hydrogen-bond acceptors (Lipinski definition) is 5. The molecule has 8 heteroatoms. The Balaban J connectivity index is 1.96. The molecule has 0 saturated carbocycles. The number of likely N-dealkylation sites (tertiary alicyclic amines) is 1. The summed E-state index contributed by atoms with van der Waals surface area (Å²) in [5.41, 5.74) is 5.69. The van der Waals surface area contributed by atoms with Crippen LogP contribution in [0.25, 0.3) is 0 Å². The Morgan fingerprint density at radius 2 is 2.14 bits per heavy atom. The lowest BCUT2D eigenvalue weighted by Gasteiger charge is -2.22. The fraction of sp³-hybridized carbons (Fsp3) is 0.357. The van der Waals surface area contributed by atoms with Crippen molar-refractivity contribution < 1.29 is 24.2 Å². The van der Waals surface area contributed by atoms with E-state index in [0.717, 1.165) is 6.42 Å². The standard InChI is InChI=1S/C14H17N3O5/c1-22-14(21)17-7-3-6-11(17)12(18)16-15-10-5-2-4-9(8-10)13(19)20/h2,4-5,8,11,15H,3,6-7H2,1H3,(H,16,18)(H,19,20). The van der Waals surface area contributed by atoms with E-state index >= 15 is 0 Å². The number of carbonyl (C=O) groups is 3. The summed E-state index contributed by atoms with van der Waals surface area (Å²) in [7, 11) is 1.27. The van der Waals surface area contributed by atoms with Crippen molar-refractivity contribution in [3.63, 3.8) is 0 Å². The number of amides is 2. The Labute approximate surface area is 127 Å². The van der Waals surface area contributed by atoms with Crippen LogP contribution in [0.3, 0.4) is 0 Å². The van der Waals surface area contributed by atoms with Gasteiger partial charge < -0.3 is 9.84 Å². The van der Waals surface area contributed by atoms with Gasteiger partial charge in [0.1, 0.15) is 6.04 Å². The second-order valence-corrected chi connectivity index (χ2v) is 4.82. The molecule has 8 nitrogen and oxygen atoms in total. The van der Waals surface area contributed by atoms with E-state index in [9.17, 15) is 14.4 Å². The zero-order chi connectivity index (χ0) is 16.1. The van der Waals surface area contributed by atoms with Gasteiger partial charge >= 0.3 is 12.1 Å². The van der Waals surface area contributed by atoms with E-state index in [-0.39, 0.29) is 11.5 Å². The molecule has 2 rings (SSSR count). The molecule has 1 heterocycles. The summed E-state index contributed by atoms with van der Waals surface area (Å²) in [5.74, 6) is -1.42. The van der Waals surface area contributed by atoms with Crippen molar-refractivity contribution in [2.45, 2.75) is 18.9 Å². The fourth-order valence-electron chi connectivity index (χ4n) is 2.32. The number of nitrogens with one attached hydrogen (secondary N) is 2. The molecule has 0 aliphatic carbocycles. The fourth-order valence-corrected chi connectivity index (χ4v) is 2.32. The third kappa shape index (κ3) is 3.46. The number of carboxylic acid groups (broad SMARTS) is 1. The number of aromatic carboxylic acids is 1. The van der Waals surface area contributed by atoms with Gasteiger partial charge in [-0.3, -0.25) is 20.5 Å². The van der Waals surface area contributed by atoms with E-state index in [1.165, 1.54) is 24.1 Å². The van der Waals surface area contributed by atoms with Gasteiger partial charge in [0.2, 0.25) is 0 Å². The highest BCUT2D eigenvalue weighted by atomic mass is 16.5. The van der Waals surface area contributed by atoms with Crippen LogP contribution in [0.15, 0.2) is 24.3 Å². The summed E-state index contributed by atoms with van der Waals surface area (Å²) in [5, 5.41) is 8.91. The first-order valence-electron chi connectivity index (χ1n) is 6.76. The lowest BCUT2D eigenvalue weighted by molar-refractivity contribution is -0.124. The average Bonchev–Trinajstić information content (AvgIpc) is 3.01. The summed E-state index contributed by atoms with van der Waals surface area (Å²) in [6.07, 6.45) is 0.741. The van der Waals surface area contributed by atoms with Crippen molar-refractivity contribution >= 4 is 23.7 Å². The third-order valence-corrected chi connectivity index (χ3v) is 3.40. The van der Waals surface area contributed by atoms with Crippen LogP contribution in [0.5, 0.6) is 0 Å². The first-order valence-corrected chi connectivity index (χ1v) is 6.76. The molecule has 118 valence electrons. The highest BCUT2D eigenvalue weighted by molar-refractivity contribution is 5.89. The molecule has 1 atom stereocenters. The van der Waals surface area contributed by atoms with Crippen LogP contribution >= 0.6 is 0 Å². The SMILES string of the molecule is COC(=O)N1CCCC1C(=O)NNc1cccc(C(=O)O)c1. The summed E-state index contributed by atoms with van der Waals surface area (Å²) >= 11 is 0. The second kappa shape index (κ2) is 6.79. The van der Waals surface area contributed by atoms with Crippen LogP contribution in [0.2, 0.25) is 0 Å². The maximum atomic E-state index is 12.1. The number of nitrogens with zero attached hydrogens (tertiary/aromatic N) is 1. The van der Waals surface area contributed by atoms with Crippen LogP contribution in [-0.2, 0) is 9.53 Å². The monoisotopic (exact) mass is 307 g/mol. The van der Waals surface area contributed by atoms with Crippen LogP contribution in [0, 0.1) is 0 Å². The number of carboxylic acids is 1. The number of hydrogen-bond donors (Lipinski definition) is 3. The van der Waals surface area contributed by atoms with Gasteiger partial charge in [0.25, 0.3) is 5.91 Å². The highest BCUT2D eigenvalue weighted by Crippen LogP contribution is 2.18. The van der Waals surface area contributed by atoms with Crippen molar-refractivity contribution in [1.82, 2.24) is 10.3 Å². The van der Waals surface area contributed by atoms with E-state index in [4.69, 9.17) is 5.11 Å². The molecule has 22 heavy (non-hydrogen) atoms. The minimum Gasteiger partial charge on any atom is -0.478 e. The average molecular weight is 307 g/mol. The number of benzene rings is 1. The van der Waals surface area contributed by atoms with Gasteiger partial charge in [0.15, 0.2) is 0 Å². The van der Waals surface area contributed by atoms with Gasteiger partial charge in [0, 0.05) is 6.54 Å². The number of rotatable bonds is 4. The molecule has 1 unspecified atom stereocenters. The van der Waals surface area contributed by atoms with Crippen molar-refractivity contribution in [3.8, 4) is 0 Å². The summed E-state index contributed by atoms with van der Waals surface area (Å²) in [4.78, 5) is 35.9. The maximum Gasteiger partial charge on any atom is 0.410 e. The van der Waals surface area contributed by atoms with Crippen LogP contribution in [-0.4, -0.2) is 47.7 Å². The first-order chi connectivity index (χ1) is 10.5. The Morgan fingerprint density at radius 1 is 1.36 bits per heavy atom. The number of methoxy groups -OCH3 is 1. The molecule has 1 aromatic rings. The lowest BCUT2D eigenvalue weighted by atomic mass is 10.2. The van der Waals surface area contributed by atoms with Crippen molar-refractivity contribution in [1.29, 1.82) is 0 Å². The number of hydrazine groups is 1. The van der Waals surface area contributed by atoms with Gasteiger partial charge in [-0.05, 0) is 31.0 Å². The zero-order valence-corrected chi connectivity index (χ0v) is 12.0. The summed E-state index contributed by atoms with van der Waals surface area (Å²) < 4.78 is 4.64. The van der Waals surface area contributed by atoms with Crippen LogP contribution in [0.1, 0.15) is 23.2 Å². The Hall–Kier alpha value is -2.77. The van der Waals surface area contributed by atoms with E-state index in [2.05, 4.69) is 15.6 Å². The van der Waals surface area contributed by atoms with Crippen LogP contribution < -0.4 is 10.9 Å². The van der Waals surface area contributed by atoms with Crippen molar-refractivity contribution in [2.75, 3.05) is 19.1 Å². The minimum atomic E-state index is -1.05. The molecule has 1 aliphatic rings. The Kier molecular flexibility index (Phi) is 4.82. The predicted molar refractivity (Wildman–Crippen MR) is 77.3 cm³/mol. The highest BCUT2D eigenvalue weighted by Gasteiger charge is 2.34. The molecule has 1 aromatic carbocycles. The topological polar surface area (TPSA) is 108 Å². The number of anilines is 1. The third-order valence-electron chi connectivity index (χ3n) is 3.40. The summed E-state index contributed by atoms with van der Waals surface area (Å²) in [6.45, 7) is 0.471. The predicted octanol–water partition coefficient (Wildman–Crippen LogP) is 1.06. The number of carbonyl (C=O) groups excluding carboxylic acids is 2. The molecule has 1 fully saturated rings. The summed E-state index contributed by atoms with van der Waals surface area (Å²) in [6, 6.07) is 5.44. The molecule has 0 aromatic heterocycles. The van der Waals surface area contributed by atoms with Gasteiger partial charge in [-0.2, -0.15) is 0 Å². The molecular weight excluding hydrogens is 290 g/mol. The van der Waals surface area contributed by atoms with Gasteiger partial charge in [-0.15, -0.1) is 0 Å². The molecule has 0 bridgehead atoms. The molecule has 3 N–H and O–H groups in total. The van der Waals surface area contributed by atoms with E-state index < -0.39 is 18.1 Å².